The fourth-order valence-corrected chi connectivity index (χ4v) is 5.45. The molecule has 5 rings (SSSR count). The van der Waals surface area contributed by atoms with Crippen LogP contribution in [0.3, 0.4) is 0 Å². The van der Waals surface area contributed by atoms with E-state index in [0.29, 0.717) is 5.91 Å². The van der Waals surface area contributed by atoms with Gasteiger partial charge in [0.2, 0.25) is 5.91 Å². The van der Waals surface area contributed by atoms with Crippen molar-refractivity contribution in [3.8, 4) is 5.82 Å². The van der Waals surface area contributed by atoms with Gasteiger partial charge in [0, 0.05) is 37.9 Å². The number of pyridine rings is 1. The summed E-state index contributed by atoms with van der Waals surface area (Å²) < 4.78 is 2.22. The Morgan fingerprint density at radius 2 is 2.11 bits per heavy atom. The molecule has 2 aromatic heterocycles. The summed E-state index contributed by atoms with van der Waals surface area (Å²) in [5.74, 6) is 1.56. The van der Waals surface area contributed by atoms with E-state index in [1.54, 1.807) is 0 Å². The molecule has 0 radical (unpaired) electrons. The molecule has 2 aliphatic heterocycles. The van der Waals surface area contributed by atoms with Gasteiger partial charge < -0.3 is 14.4 Å². The predicted octanol–water partition coefficient (Wildman–Crippen LogP) is 3.89. The van der Waals surface area contributed by atoms with Crippen LogP contribution in [0, 0.1) is 5.92 Å². The van der Waals surface area contributed by atoms with E-state index in [9.17, 15) is 4.79 Å². The summed E-state index contributed by atoms with van der Waals surface area (Å²) in [7, 11) is 0. The third-order valence-electron chi connectivity index (χ3n) is 6.72. The Bertz CT molecular complexity index is 926. The number of aromatic nitrogens is 2. The minimum absolute atomic E-state index is 0.216. The molecule has 5 heteroatoms. The van der Waals surface area contributed by atoms with Crippen LogP contribution in [0.25, 0.3) is 5.82 Å². The van der Waals surface area contributed by atoms with E-state index in [1.165, 1.54) is 18.5 Å². The first-order valence-electron chi connectivity index (χ1n) is 10.4. The molecule has 1 saturated carbocycles. The molecule has 0 aromatic carbocycles. The second kappa shape index (κ2) is 6.50. The van der Waals surface area contributed by atoms with Crippen LogP contribution in [0.1, 0.15) is 44.7 Å². The summed E-state index contributed by atoms with van der Waals surface area (Å²) in [6.07, 6.45) is 9.39. The lowest BCUT2D eigenvalue weighted by atomic mass is 9.88. The maximum atomic E-state index is 13.2. The van der Waals surface area contributed by atoms with Gasteiger partial charge in [-0.25, -0.2) is 4.98 Å². The van der Waals surface area contributed by atoms with Gasteiger partial charge in [-0.3, -0.25) is 4.79 Å². The van der Waals surface area contributed by atoms with Crippen LogP contribution in [-0.4, -0.2) is 40.0 Å². The molecule has 5 nitrogen and oxygen atoms in total. The van der Waals surface area contributed by atoms with Gasteiger partial charge in [-0.1, -0.05) is 25.0 Å². The molecule has 2 fully saturated rings. The summed E-state index contributed by atoms with van der Waals surface area (Å²) in [6, 6.07) is 8.45. The molecule has 146 valence electrons. The molecule has 0 bridgehead atoms. The highest BCUT2D eigenvalue weighted by Crippen LogP contribution is 2.47. The van der Waals surface area contributed by atoms with Gasteiger partial charge in [-0.15, -0.1) is 0 Å². The maximum absolute atomic E-state index is 13.2. The number of hydrogen-bond acceptors (Lipinski definition) is 3. The zero-order valence-electron chi connectivity index (χ0n) is 16.6. The molecule has 1 unspecified atom stereocenters. The number of nitrogens with zero attached hydrogens (tertiary/aromatic N) is 4. The molecule has 1 aliphatic carbocycles. The van der Waals surface area contributed by atoms with Crippen LogP contribution in [-0.2, 0) is 10.3 Å². The summed E-state index contributed by atoms with van der Waals surface area (Å²) >= 11 is 0. The van der Waals surface area contributed by atoms with E-state index in [2.05, 4.69) is 57.2 Å². The van der Waals surface area contributed by atoms with Crippen molar-refractivity contribution in [2.75, 3.05) is 24.5 Å². The zero-order valence-corrected chi connectivity index (χ0v) is 16.6. The number of amides is 1. The second-order valence-corrected chi connectivity index (χ2v) is 8.68. The molecule has 2 aromatic rings. The van der Waals surface area contributed by atoms with Crippen LogP contribution in [0.5, 0.6) is 0 Å². The molecule has 0 N–H and O–H groups in total. The number of carbonyl (C=O) groups is 1. The van der Waals surface area contributed by atoms with Gasteiger partial charge in [0.1, 0.15) is 5.54 Å². The van der Waals surface area contributed by atoms with Crippen LogP contribution in [0.15, 0.2) is 48.8 Å². The SMILES string of the molecule is C=C(C)CN1c2cccnc2-n2cccc2C12CCN(C(=O)C1CCCC1)C2. The van der Waals surface area contributed by atoms with Crippen molar-refractivity contribution in [3.05, 3.63) is 54.5 Å². The Balaban J connectivity index is 1.57. The van der Waals surface area contributed by atoms with Crippen molar-refractivity contribution in [2.45, 2.75) is 44.6 Å². The Morgan fingerprint density at radius 1 is 1.29 bits per heavy atom. The van der Waals surface area contributed by atoms with Crippen LogP contribution >= 0.6 is 0 Å². The molecule has 28 heavy (non-hydrogen) atoms. The van der Waals surface area contributed by atoms with Gasteiger partial charge in [0.15, 0.2) is 5.82 Å². The molecule has 1 atom stereocenters. The minimum atomic E-state index is -0.216. The Kier molecular flexibility index (Phi) is 4.07. The van der Waals surface area contributed by atoms with E-state index in [0.717, 1.165) is 56.0 Å². The second-order valence-electron chi connectivity index (χ2n) is 8.68. The van der Waals surface area contributed by atoms with Crippen molar-refractivity contribution in [2.24, 2.45) is 5.92 Å². The van der Waals surface area contributed by atoms with Crippen LogP contribution in [0.4, 0.5) is 5.69 Å². The third-order valence-corrected chi connectivity index (χ3v) is 6.72. The molecule has 1 amide bonds. The Morgan fingerprint density at radius 3 is 2.89 bits per heavy atom. The lowest BCUT2D eigenvalue weighted by Gasteiger charge is -2.47. The number of fused-ring (bicyclic) bond motifs is 4. The number of anilines is 1. The van der Waals surface area contributed by atoms with Crippen LogP contribution in [0.2, 0.25) is 0 Å². The highest BCUT2D eigenvalue weighted by Gasteiger charge is 2.51. The predicted molar refractivity (Wildman–Crippen MR) is 111 cm³/mol. The zero-order chi connectivity index (χ0) is 19.3. The van der Waals surface area contributed by atoms with E-state index >= 15 is 0 Å². The van der Waals surface area contributed by atoms with Crippen molar-refractivity contribution in [1.29, 1.82) is 0 Å². The quantitative estimate of drug-likeness (QED) is 0.763. The number of hydrogen-bond donors (Lipinski definition) is 0. The summed E-state index contributed by atoms with van der Waals surface area (Å²) in [5, 5.41) is 0. The summed E-state index contributed by atoms with van der Waals surface area (Å²) in [4.78, 5) is 22.4. The van der Waals surface area contributed by atoms with E-state index in [4.69, 9.17) is 0 Å². The molecular weight excluding hydrogens is 348 g/mol. The molecule has 4 heterocycles. The highest BCUT2D eigenvalue weighted by atomic mass is 16.2. The smallest absolute Gasteiger partial charge is 0.225 e. The van der Waals surface area contributed by atoms with E-state index < -0.39 is 0 Å². The average molecular weight is 377 g/mol. The first kappa shape index (κ1) is 17.5. The third kappa shape index (κ3) is 2.52. The topological polar surface area (TPSA) is 41.4 Å². The highest BCUT2D eigenvalue weighted by molar-refractivity contribution is 5.80. The number of carbonyl (C=O) groups excluding carboxylic acids is 1. The summed E-state index contributed by atoms with van der Waals surface area (Å²) in [6.45, 7) is 8.60. The normalized spacial score (nSPS) is 23.9. The fraction of sp³-hybridized carbons (Fsp3) is 0.478. The molecule has 3 aliphatic rings. The molecular formula is C23H28N4O. The van der Waals surface area contributed by atoms with Gasteiger partial charge in [0.25, 0.3) is 0 Å². The summed E-state index contributed by atoms with van der Waals surface area (Å²) in [5.41, 5.74) is 3.27. The first-order chi connectivity index (χ1) is 13.6. The lowest BCUT2D eigenvalue weighted by Crippen LogP contribution is -2.53. The maximum Gasteiger partial charge on any atom is 0.225 e. The van der Waals surface area contributed by atoms with Gasteiger partial charge in [-0.2, -0.15) is 0 Å². The largest absolute Gasteiger partial charge is 0.351 e. The van der Waals surface area contributed by atoms with Crippen molar-refractivity contribution >= 4 is 11.6 Å². The van der Waals surface area contributed by atoms with Gasteiger partial charge >= 0.3 is 0 Å². The number of likely N-dealkylation sites (tertiary alicyclic amines) is 1. The van der Waals surface area contributed by atoms with Gasteiger partial charge in [-0.05, 0) is 50.5 Å². The first-order valence-corrected chi connectivity index (χ1v) is 10.4. The fourth-order valence-electron chi connectivity index (χ4n) is 5.45. The standard InChI is InChI=1S/C23H28N4O/c1-17(2)15-27-19-9-5-12-24-21(19)26-13-6-10-20(26)23(27)11-14-25(16-23)22(28)18-7-3-4-8-18/h5-6,9-10,12-13,18H,1,3-4,7-8,11,14-16H2,2H3. The van der Waals surface area contributed by atoms with Crippen molar-refractivity contribution < 1.29 is 4.79 Å². The van der Waals surface area contributed by atoms with Crippen molar-refractivity contribution in [1.82, 2.24) is 14.5 Å². The van der Waals surface area contributed by atoms with E-state index in [1.807, 2.05) is 12.3 Å². The molecule has 1 saturated heterocycles. The monoisotopic (exact) mass is 376 g/mol. The Hall–Kier alpha value is -2.56. The average Bonchev–Trinajstić information content (AvgIpc) is 3.45. The van der Waals surface area contributed by atoms with Crippen molar-refractivity contribution in [3.63, 3.8) is 0 Å². The Labute approximate surface area is 166 Å². The lowest BCUT2D eigenvalue weighted by molar-refractivity contribution is -0.134. The number of rotatable bonds is 3. The minimum Gasteiger partial charge on any atom is -0.351 e. The van der Waals surface area contributed by atoms with Crippen LogP contribution < -0.4 is 4.90 Å². The van der Waals surface area contributed by atoms with E-state index in [-0.39, 0.29) is 11.5 Å². The molecule has 1 spiro atoms. The van der Waals surface area contributed by atoms with Gasteiger partial charge in [0.05, 0.1) is 11.4 Å².